The van der Waals surface area contributed by atoms with E-state index in [1.54, 1.807) is 0 Å². The molecule has 2 saturated heterocycles. The average Bonchev–Trinajstić information content (AvgIpc) is 2.74. The minimum Gasteiger partial charge on any atom is -0.336 e. The van der Waals surface area contributed by atoms with Crippen LogP contribution in [0.1, 0.15) is 45.4 Å². The number of ketones is 1. The van der Waals surface area contributed by atoms with Crippen LogP contribution in [-0.4, -0.2) is 110 Å². The van der Waals surface area contributed by atoms with Crippen molar-refractivity contribution in [2.75, 3.05) is 66.5 Å². The van der Waals surface area contributed by atoms with Crippen LogP contribution in [0.15, 0.2) is 0 Å². The molecule has 0 aromatic heterocycles. The first-order chi connectivity index (χ1) is 14.9. The molecular formula is C23H41N5O3. The van der Waals surface area contributed by atoms with Gasteiger partial charge < -0.3 is 15.1 Å². The van der Waals surface area contributed by atoms with Gasteiger partial charge in [-0.05, 0) is 39.3 Å². The molecule has 0 aromatic carbocycles. The maximum atomic E-state index is 13.4. The molecule has 8 nitrogen and oxygen atoms in total. The van der Waals surface area contributed by atoms with Crippen molar-refractivity contribution in [1.29, 1.82) is 0 Å². The summed E-state index contributed by atoms with van der Waals surface area (Å²) in [6.45, 7) is 8.70. The fourth-order valence-electron chi connectivity index (χ4n) is 5.33. The van der Waals surface area contributed by atoms with Gasteiger partial charge in [-0.1, -0.05) is 13.3 Å². The van der Waals surface area contributed by atoms with E-state index in [-0.39, 0.29) is 23.8 Å². The van der Waals surface area contributed by atoms with E-state index in [1.807, 2.05) is 0 Å². The van der Waals surface area contributed by atoms with Gasteiger partial charge in [0, 0.05) is 71.2 Å². The van der Waals surface area contributed by atoms with Gasteiger partial charge in [0.2, 0.25) is 5.91 Å². The van der Waals surface area contributed by atoms with E-state index < -0.39 is 0 Å². The Labute approximate surface area is 187 Å². The number of hydrogen-bond donors (Lipinski definition) is 1. The van der Waals surface area contributed by atoms with Crippen LogP contribution in [0.3, 0.4) is 0 Å². The van der Waals surface area contributed by atoms with E-state index in [2.05, 4.69) is 41.0 Å². The molecule has 0 bridgehead atoms. The van der Waals surface area contributed by atoms with Crippen LogP contribution in [0.4, 0.5) is 4.79 Å². The molecule has 3 atom stereocenters. The summed E-state index contributed by atoms with van der Waals surface area (Å²) in [6, 6.07) is 0.125. The molecule has 3 amide bonds. The second-order valence-electron chi connectivity index (χ2n) is 9.70. The first-order valence-electron chi connectivity index (χ1n) is 12.1. The van der Waals surface area contributed by atoms with Gasteiger partial charge in [-0.2, -0.15) is 0 Å². The van der Waals surface area contributed by atoms with Gasteiger partial charge in [0.05, 0.1) is 5.92 Å². The Morgan fingerprint density at radius 1 is 1.16 bits per heavy atom. The molecule has 3 rings (SSSR count). The molecule has 1 N–H and O–H groups in total. The number of carbonyl (C=O) groups excluding carboxylic acids is 3. The third-order valence-electron chi connectivity index (χ3n) is 7.31. The zero-order valence-electron chi connectivity index (χ0n) is 19.6. The van der Waals surface area contributed by atoms with Gasteiger partial charge in [0.25, 0.3) is 0 Å². The number of hydrogen-bond acceptors (Lipinski definition) is 6. The number of amides is 3. The number of carbonyl (C=O) groups is 3. The zero-order valence-corrected chi connectivity index (χ0v) is 19.6. The molecule has 0 aromatic rings. The van der Waals surface area contributed by atoms with E-state index in [1.165, 1.54) is 4.90 Å². The van der Waals surface area contributed by atoms with Crippen LogP contribution in [0.25, 0.3) is 0 Å². The third kappa shape index (κ3) is 6.49. The Bertz CT molecular complexity index is 635. The fourth-order valence-corrected chi connectivity index (χ4v) is 5.33. The Hall–Kier alpha value is -1.51. The Morgan fingerprint density at radius 3 is 2.61 bits per heavy atom. The maximum absolute atomic E-state index is 13.4. The molecule has 0 radical (unpaired) electrons. The van der Waals surface area contributed by atoms with Gasteiger partial charge in [-0.25, -0.2) is 4.79 Å². The molecule has 1 aliphatic carbocycles. The van der Waals surface area contributed by atoms with Gasteiger partial charge in [-0.15, -0.1) is 0 Å². The molecule has 176 valence electrons. The van der Waals surface area contributed by atoms with Crippen molar-refractivity contribution in [3.8, 4) is 0 Å². The fraction of sp³-hybridized carbons (Fsp3) is 0.870. The van der Waals surface area contributed by atoms with E-state index in [0.717, 1.165) is 58.4 Å². The van der Waals surface area contributed by atoms with Crippen LogP contribution in [0.5, 0.6) is 0 Å². The Morgan fingerprint density at radius 2 is 1.90 bits per heavy atom. The Balaban J connectivity index is 1.55. The summed E-state index contributed by atoms with van der Waals surface area (Å²) in [5, 5.41) is 2.99. The molecule has 2 aliphatic heterocycles. The highest BCUT2D eigenvalue weighted by atomic mass is 16.2. The number of imide groups is 1. The number of likely N-dealkylation sites (N-methyl/N-ethyl adjacent to an activating group) is 1. The standard InChI is InChI=1S/C23H41N5O3/c1-4-5-9-28(23(31)24-8-10-27-13-11-25(2)12-14-27)22(30)19-15-18-16-20(29)6-7-21(18)26(3)17-19/h18-19,21H,4-17H2,1-3H3,(H,24,31)/t18-,19-,21-/m1/s1. The normalized spacial score (nSPS) is 28.2. The van der Waals surface area contributed by atoms with Crippen LogP contribution in [0.2, 0.25) is 0 Å². The van der Waals surface area contributed by atoms with Crippen molar-refractivity contribution < 1.29 is 14.4 Å². The van der Waals surface area contributed by atoms with Crippen LogP contribution < -0.4 is 5.32 Å². The van der Waals surface area contributed by atoms with Gasteiger partial charge in [0.15, 0.2) is 0 Å². The largest absolute Gasteiger partial charge is 0.336 e. The molecule has 2 heterocycles. The highest BCUT2D eigenvalue weighted by molar-refractivity contribution is 5.95. The minimum atomic E-state index is -0.267. The Kier molecular flexibility index (Phi) is 8.86. The lowest BCUT2D eigenvalue weighted by Crippen LogP contribution is -2.55. The van der Waals surface area contributed by atoms with Crippen molar-refractivity contribution in [2.45, 2.75) is 51.5 Å². The van der Waals surface area contributed by atoms with E-state index in [4.69, 9.17) is 0 Å². The van der Waals surface area contributed by atoms with Gasteiger partial charge in [-0.3, -0.25) is 19.4 Å². The van der Waals surface area contributed by atoms with Crippen LogP contribution >= 0.6 is 0 Å². The summed E-state index contributed by atoms with van der Waals surface area (Å²) in [5.41, 5.74) is 0. The number of likely N-dealkylation sites (tertiary alicyclic amines) is 1. The summed E-state index contributed by atoms with van der Waals surface area (Å²) in [7, 11) is 4.18. The SMILES string of the molecule is CCCCN(C(=O)NCCN1CCN(C)CC1)C(=O)[C@@H]1C[C@@H]2CC(=O)CC[C@H]2N(C)C1. The van der Waals surface area contributed by atoms with Crippen LogP contribution in [0, 0.1) is 11.8 Å². The maximum Gasteiger partial charge on any atom is 0.324 e. The predicted molar refractivity (Wildman–Crippen MR) is 121 cm³/mol. The topological polar surface area (TPSA) is 76.2 Å². The summed E-state index contributed by atoms with van der Waals surface area (Å²) < 4.78 is 0. The predicted octanol–water partition coefficient (Wildman–Crippen LogP) is 1.26. The second-order valence-corrected chi connectivity index (χ2v) is 9.70. The summed E-state index contributed by atoms with van der Waals surface area (Å²) in [5.74, 6) is 0.265. The third-order valence-corrected chi connectivity index (χ3v) is 7.31. The number of unbranched alkanes of at least 4 members (excludes halogenated alkanes) is 1. The average molecular weight is 436 g/mol. The smallest absolute Gasteiger partial charge is 0.324 e. The van der Waals surface area contributed by atoms with E-state index >= 15 is 0 Å². The van der Waals surface area contributed by atoms with Crippen molar-refractivity contribution in [1.82, 2.24) is 24.9 Å². The zero-order chi connectivity index (χ0) is 22.4. The van der Waals surface area contributed by atoms with Crippen molar-refractivity contribution >= 4 is 17.7 Å². The summed E-state index contributed by atoms with van der Waals surface area (Å²) in [6.07, 6.45) is 4.59. The molecule has 1 saturated carbocycles. The number of urea groups is 1. The minimum absolute atomic E-state index is 0.0751. The molecule has 8 heteroatoms. The number of piperazine rings is 1. The molecular weight excluding hydrogens is 394 g/mol. The number of fused-ring (bicyclic) bond motifs is 1. The molecule has 31 heavy (non-hydrogen) atoms. The highest BCUT2D eigenvalue weighted by Gasteiger charge is 2.42. The number of rotatable bonds is 7. The summed E-state index contributed by atoms with van der Waals surface area (Å²) in [4.78, 5) is 46.6. The highest BCUT2D eigenvalue weighted by Crippen LogP contribution is 2.36. The molecule has 3 fully saturated rings. The lowest BCUT2D eigenvalue weighted by Gasteiger charge is -2.45. The van der Waals surface area contributed by atoms with Gasteiger partial charge in [0.1, 0.15) is 5.78 Å². The lowest BCUT2D eigenvalue weighted by molar-refractivity contribution is -0.138. The van der Waals surface area contributed by atoms with E-state index in [9.17, 15) is 14.4 Å². The first kappa shape index (κ1) is 24.1. The van der Waals surface area contributed by atoms with Gasteiger partial charge >= 0.3 is 6.03 Å². The summed E-state index contributed by atoms with van der Waals surface area (Å²) >= 11 is 0. The van der Waals surface area contributed by atoms with Crippen LogP contribution in [-0.2, 0) is 9.59 Å². The first-order valence-corrected chi connectivity index (χ1v) is 12.1. The van der Waals surface area contributed by atoms with Crippen molar-refractivity contribution in [2.24, 2.45) is 11.8 Å². The number of nitrogens with one attached hydrogen (secondary N) is 1. The number of piperidine rings is 1. The van der Waals surface area contributed by atoms with Crippen molar-refractivity contribution in [3.05, 3.63) is 0 Å². The molecule has 0 spiro atoms. The van der Waals surface area contributed by atoms with E-state index in [0.29, 0.717) is 44.3 Å². The quantitative estimate of drug-likeness (QED) is 0.649. The molecule has 3 aliphatic rings. The number of Topliss-reactive ketones (excluding diaryl/α,β-unsaturated/α-hetero) is 1. The monoisotopic (exact) mass is 435 g/mol. The lowest BCUT2D eigenvalue weighted by atomic mass is 9.74. The second kappa shape index (κ2) is 11.4. The number of nitrogens with zero attached hydrogens (tertiary/aromatic N) is 4. The van der Waals surface area contributed by atoms with Crippen molar-refractivity contribution in [3.63, 3.8) is 0 Å². The molecule has 0 unspecified atom stereocenters.